The molecule has 156 valence electrons. The largest absolute Gasteiger partial charge is 0.352 e. The van der Waals surface area contributed by atoms with E-state index < -0.39 is 10.0 Å². The highest BCUT2D eigenvalue weighted by Gasteiger charge is 2.27. The van der Waals surface area contributed by atoms with Crippen LogP contribution in [0.1, 0.15) is 36.8 Å². The fourth-order valence-electron chi connectivity index (χ4n) is 3.63. The Hall–Kier alpha value is -1.89. The van der Waals surface area contributed by atoms with Gasteiger partial charge in [-0.25, -0.2) is 13.1 Å². The van der Waals surface area contributed by atoms with Gasteiger partial charge in [0, 0.05) is 24.0 Å². The molecule has 0 heterocycles. The molecular formula is C22H27ClN2O3S. The first-order valence-electron chi connectivity index (χ1n) is 9.92. The molecule has 1 aliphatic rings. The van der Waals surface area contributed by atoms with Gasteiger partial charge in [-0.2, -0.15) is 0 Å². The van der Waals surface area contributed by atoms with Crippen LogP contribution in [-0.4, -0.2) is 20.9 Å². The summed E-state index contributed by atoms with van der Waals surface area (Å²) in [6, 6.07) is 14.3. The molecule has 0 radical (unpaired) electrons. The van der Waals surface area contributed by atoms with E-state index in [0.29, 0.717) is 18.1 Å². The molecule has 0 bridgehead atoms. The topological polar surface area (TPSA) is 75.3 Å². The summed E-state index contributed by atoms with van der Waals surface area (Å²) in [5.74, 6) is 0.272. The molecule has 5 nitrogen and oxygen atoms in total. The first kappa shape index (κ1) is 21.8. The molecule has 0 atom stereocenters. The van der Waals surface area contributed by atoms with Gasteiger partial charge >= 0.3 is 0 Å². The van der Waals surface area contributed by atoms with Gasteiger partial charge in [0.25, 0.3) is 0 Å². The standard InChI is InChI=1S/C22H27ClN2O3S/c1-16-6-12-20(13-7-16)29(27,28)25-14-17-8-10-18(11-9-17)22(26)24-15-19-4-2-3-5-21(19)23/h2-7,12-13,17-18,25H,8-11,14-15H2,1H3,(H,24,26). The van der Waals surface area contributed by atoms with Crippen molar-refractivity contribution in [3.8, 4) is 0 Å². The molecule has 1 aliphatic carbocycles. The maximum atomic E-state index is 12.5. The number of sulfonamides is 1. The molecule has 3 rings (SSSR count). The van der Waals surface area contributed by atoms with Crippen LogP contribution in [0.5, 0.6) is 0 Å². The number of carbonyl (C=O) groups is 1. The van der Waals surface area contributed by atoms with Gasteiger partial charge in [0.1, 0.15) is 0 Å². The van der Waals surface area contributed by atoms with Gasteiger partial charge in [0.2, 0.25) is 15.9 Å². The van der Waals surface area contributed by atoms with Crippen molar-refractivity contribution in [1.29, 1.82) is 0 Å². The number of rotatable bonds is 7. The van der Waals surface area contributed by atoms with Crippen molar-refractivity contribution in [1.82, 2.24) is 10.0 Å². The highest BCUT2D eigenvalue weighted by atomic mass is 35.5. The molecule has 0 aliphatic heterocycles. The summed E-state index contributed by atoms with van der Waals surface area (Å²) < 4.78 is 27.6. The number of carbonyl (C=O) groups excluding carboxylic acids is 1. The van der Waals surface area contributed by atoms with Crippen molar-refractivity contribution in [3.63, 3.8) is 0 Å². The van der Waals surface area contributed by atoms with Crippen molar-refractivity contribution in [2.24, 2.45) is 11.8 Å². The molecule has 1 fully saturated rings. The van der Waals surface area contributed by atoms with E-state index in [2.05, 4.69) is 10.0 Å². The van der Waals surface area contributed by atoms with Crippen LogP contribution < -0.4 is 10.0 Å². The van der Waals surface area contributed by atoms with Gasteiger partial charge in [0.05, 0.1) is 4.90 Å². The molecule has 0 saturated heterocycles. The van der Waals surface area contributed by atoms with E-state index in [1.54, 1.807) is 24.3 Å². The van der Waals surface area contributed by atoms with Gasteiger partial charge in [-0.05, 0) is 62.3 Å². The Morgan fingerprint density at radius 2 is 1.69 bits per heavy atom. The van der Waals surface area contributed by atoms with Gasteiger partial charge in [-0.15, -0.1) is 0 Å². The Balaban J connectivity index is 1.43. The van der Waals surface area contributed by atoms with E-state index >= 15 is 0 Å². The van der Waals surface area contributed by atoms with E-state index in [9.17, 15) is 13.2 Å². The third-order valence-electron chi connectivity index (χ3n) is 5.52. The molecular weight excluding hydrogens is 408 g/mol. The third-order valence-corrected chi connectivity index (χ3v) is 7.33. The maximum Gasteiger partial charge on any atom is 0.240 e. The summed E-state index contributed by atoms with van der Waals surface area (Å²) in [6.07, 6.45) is 3.21. The second kappa shape index (κ2) is 9.74. The van der Waals surface area contributed by atoms with Crippen LogP contribution in [0.25, 0.3) is 0 Å². The van der Waals surface area contributed by atoms with Crippen molar-refractivity contribution in [2.75, 3.05) is 6.54 Å². The van der Waals surface area contributed by atoms with Crippen LogP contribution in [0.3, 0.4) is 0 Å². The Morgan fingerprint density at radius 3 is 2.34 bits per heavy atom. The first-order valence-corrected chi connectivity index (χ1v) is 11.8. The minimum Gasteiger partial charge on any atom is -0.352 e. The second-order valence-electron chi connectivity index (χ2n) is 7.69. The zero-order valence-corrected chi connectivity index (χ0v) is 18.1. The predicted octanol–water partition coefficient (Wildman–Crippen LogP) is 4.05. The summed E-state index contributed by atoms with van der Waals surface area (Å²) in [4.78, 5) is 12.7. The molecule has 0 unspecified atom stereocenters. The highest BCUT2D eigenvalue weighted by Crippen LogP contribution is 2.29. The van der Waals surface area contributed by atoms with Gasteiger partial charge in [-0.1, -0.05) is 47.5 Å². The maximum absolute atomic E-state index is 12.5. The number of benzene rings is 2. The first-order chi connectivity index (χ1) is 13.8. The average molecular weight is 435 g/mol. The van der Waals surface area contributed by atoms with Crippen molar-refractivity contribution < 1.29 is 13.2 Å². The number of nitrogens with one attached hydrogen (secondary N) is 2. The lowest BCUT2D eigenvalue weighted by Gasteiger charge is -2.28. The SMILES string of the molecule is Cc1ccc(S(=O)(=O)NCC2CCC(C(=O)NCc3ccccc3Cl)CC2)cc1. The molecule has 1 amide bonds. The Bertz CT molecular complexity index is 937. The molecule has 7 heteroatoms. The smallest absolute Gasteiger partial charge is 0.240 e. The molecule has 29 heavy (non-hydrogen) atoms. The fourth-order valence-corrected chi connectivity index (χ4v) is 4.94. The Labute approximate surface area is 177 Å². The number of amides is 1. The lowest BCUT2D eigenvalue weighted by atomic mass is 9.81. The normalized spacial score (nSPS) is 19.7. The Morgan fingerprint density at radius 1 is 1.03 bits per heavy atom. The summed E-state index contributed by atoms with van der Waals surface area (Å²) in [7, 11) is -3.49. The molecule has 0 spiro atoms. The zero-order valence-electron chi connectivity index (χ0n) is 16.5. The highest BCUT2D eigenvalue weighted by molar-refractivity contribution is 7.89. The van der Waals surface area contributed by atoms with Crippen LogP contribution in [0.4, 0.5) is 0 Å². The van der Waals surface area contributed by atoms with E-state index in [1.165, 1.54) is 0 Å². The number of aryl methyl sites for hydroxylation is 1. The lowest BCUT2D eigenvalue weighted by Crippen LogP contribution is -2.36. The summed E-state index contributed by atoms with van der Waals surface area (Å²) in [6.45, 7) is 2.76. The number of halogens is 1. The second-order valence-corrected chi connectivity index (χ2v) is 9.87. The average Bonchev–Trinajstić information content (AvgIpc) is 2.72. The van der Waals surface area contributed by atoms with E-state index in [4.69, 9.17) is 11.6 Å². The zero-order chi connectivity index (χ0) is 20.9. The van der Waals surface area contributed by atoms with Gasteiger partial charge < -0.3 is 5.32 Å². The number of hydrogen-bond acceptors (Lipinski definition) is 3. The summed E-state index contributed by atoms with van der Waals surface area (Å²) >= 11 is 6.13. The summed E-state index contributed by atoms with van der Waals surface area (Å²) in [5.41, 5.74) is 1.93. The van der Waals surface area contributed by atoms with Crippen LogP contribution in [0.15, 0.2) is 53.4 Å². The van der Waals surface area contributed by atoms with Crippen LogP contribution in [0, 0.1) is 18.8 Å². The monoisotopic (exact) mass is 434 g/mol. The fraction of sp³-hybridized carbons (Fsp3) is 0.409. The third kappa shape index (κ3) is 6.04. The minimum atomic E-state index is -3.49. The van der Waals surface area contributed by atoms with Crippen molar-refractivity contribution >= 4 is 27.5 Å². The molecule has 2 N–H and O–H groups in total. The van der Waals surface area contributed by atoms with Crippen LogP contribution >= 0.6 is 11.6 Å². The quantitative estimate of drug-likeness (QED) is 0.690. The van der Waals surface area contributed by atoms with Gasteiger partial charge in [-0.3, -0.25) is 4.79 Å². The van der Waals surface area contributed by atoms with Crippen molar-refractivity contribution in [2.45, 2.75) is 44.0 Å². The molecule has 1 saturated carbocycles. The van der Waals surface area contributed by atoms with Crippen LogP contribution in [-0.2, 0) is 21.4 Å². The van der Waals surface area contributed by atoms with Gasteiger partial charge in [0.15, 0.2) is 0 Å². The lowest BCUT2D eigenvalue weighted by molar-refractivity contribution is -0.126. The van der Waals surface area contributed by atoms with E-state index in [1.807, 2.05) is 31.2 Å². The molecule has 2 aromatic carbocycles. The van der Waals surface area contributed by atoms with E-state index in [-0.39, 0.29) is 22.6 Å². The molecule has 2 aromatic rings. The molecule has 0 aromatic heterocycles. The predicted molar refractivity (Wildman–Crippen MR) is 115 cm³/mol. The van der Waals surface area contributed by atoms with Crippen LogP contribution in [0.2, 0.25) is 5.02 Å². The van der Waals surface area contributed by atoms with Crippen molar-refractivity contribution in [3.05, 3.63) is 64.7 Å². The Kier molecular flexibility index (Phi) is 7.33. The number of hydrogen-bond donors (Lipinski definition) is 2. The minimum absolute atomic E-state index is 0.0255. The summed E-state index contributed by atoms with van der Waals surface area (Å²) in [5, 5.41) is 3.62. The van der Waals surface area contributed by atoms with E-state index in [0.717, 1.165) is 36.8 Å².